The second-order valence-electron chi connectivity index (χ2n) is 32.9. The van der Waals surface area contributed by atoms with Crippen LogP contribution in [0.1, 0.15) is 282 Å². The van der Waals surface area contributed by atoms with E-state index in [2.05, 4.69) is 86.3 Å². The van der Waals surface area contributed by atoms with Gasteiger partial charge in [-0.2, -0.15) is 20.4 Å². The van der Waals surface area contributed by atoms with Crippen LogP contribution in [0, 0.1) is 0 Å². The lowest BCUT2D eigenvalue weighted by atomic mass is 9.85. The minimum absolute atomic E-state index is 0.167. The largest absolute Gasteiger partial charge is 0.394 e. The van der Waals surface area contributed by atoms with Crippen molar-refractivity contribution < 1.29 is 39.6 Å². The fourth-order valence-electron chi connectivity index (χ4n) is 17.9. The monoisotopic (exact) mass is 1750 g/mol. The first kappa shape index (κ1) is 91.2. The van der Waals surface area contributed by atoms with Gasteiger partial charge in [-0.25, -0.2) is 0 Å². The molecule has 4 heterocycles. The van der Waals surface area contributed by atoms with Crippen LogP contribution in [-0.4, -0.2) is 111 Å². The van der Waals surface area contributed by atoms with Gasteiger partial charge in [0.15, 0.2) is 22.8 Å². The molecule has 0 saturated carbocycles. The predicted octanol–water partition coefficient (Wildman–Crippen LogP) is 19.9. The van der Waals surface area contributed by atoms with Crippen molar-refractivity contribution in [3.8, 4) is 0 Å². The molecule has 0 radical (unpaired) electrons. The van der Waals surface area contributed by atoms with E-state index in [1.165, 1.54) is 22.3 Å². The average molecular weight is 1750 g/mol. The number of halogens is 4. The molecule has 16 rings (SSSR count). The lowest BCUT2D eigenvalue weighted by Crippen LogP contribution is -2.31. The summed E-state index contributed by atoms with van der Waals surface area (Å²) in [6, 6.07) is 68.1. The van der Waals surface area contributed by atoms with Gasteiger partial charge in [-0.15, -0.1) is 0 Å². The van der Waals surface area contributed by atoms with Crippen molar-refractivity contribution >= 4 is 70.0 Å². The van der Waals surface area contributed by atoms with Crippen molar-refractivity contribution in [2.24, 2.45) is 0 Å². The highest BCUT2D eigenvalue weighted by Gasteiger charge is 2.33. The summed E-state index contributed by atoms with van der Waals surface area (Å²) in [4.78, 5) is 52.4. The number of nitrogens with zero attached hydrogens (tertiary/aromatic N) is 4. The maximum Gasteiger partial charge on any atom is 0.272 e. The van der Waals surface area contributed by atoms with Gasteiger partial charge in [-0.1, -0.05) is 268 Å². The molecule has 24 heteroatoms. The summed E-state index contributed by atoms with van der Waals surface area (Å²) < 4.78 is 0. The highest BCUT2D eigenvalue weighted by atomic mass is 35.5. The Morgan fingerprint density at radius 3 is 0.694 bits per heavy atom. The van der Waals surface area contributed by atoms with Gasteiger partial charge in [0.1, 0.15) is 0 Å². The number of aliphatic hydroxyl groups is 4. The van der Waals surface area contributed by atoms with Crippen molar-refractivity contribution in [3.05, 3.63) is 351 Å². The topological polar surface area (TPSA) is 312 Å². The minimum atomic E-state index is -0.461. The van der Waals surface area contributed by atoms with E-state index in [0.717, 1.165) is 241 Å². The van der Waals surface area contributed by atoms with Crippen LogP contribution in [0.5, 0.6) is 0 Å². The smallest absolute Gasteiger partial charge is 0.272 e. The Kier molecular flexibility index (Phi) is 34.2. The lowest BCUT2D eigenvalue weighted by Gasteiger charge is -2.21. The molecule has 4 aromatic heterocycles. The third kappa shape index (κ3) is 25.0. The van der Waals surface area contributed by atoms with Gasteiger partial charge in [0.05, 0.1) is 50.6 Å². The predicted molar refractivity (Wildman–Crippen MR) is 490 cm³/mol. The number of hydrogen-bond donors (Lipinski definition) is 12. The Morgan fingerprint density at radius 2 is 0.500 bits per heavy atom. The molecule has 20 nitrogen and oxygen atoms in total. The van der Waals surface area contributed by atoms with Crippen LogP contribution in [0.2, 0.25) is 20.1 Å². The van der Waals surface area contributed by atoms with E-state index in [-0.39, 0.29) is 73.7 Å². The summed E-state index contributed by atoms with van der Waals surface area (Å²) in [5.74, 6) is 0.0854. The Labute approximate surface area is 745 Å². The van der Waals surface area contributed by atoms with E-state index in [1.807, 2.05) is 194 Å². The quantitative estimate of drug-likeness (QED) is 0.0269. The highest BCUT2D eigenvalue weighted by molar-refractivity contribution is 6.31. The number of aliphatic hydroxyl groups excluding tert-OH is 4. The van der Waals surface area contributed by atoms with E-state index < -0.39 is 24.2 Å². The summed E-state index contributed by atoms with van der Waals surface area (Å²) in [5, 5.41) is 84.5. The fraction of sp³-hybridized carbons (Fsp3) is 0.360. The summed E-state index contributed by atoms with van der Waals surface area (Å²) in [6.07, 6.45) is 24.3. The number of carbonyl (C=O) groups is 4. The first-order chi connectivity index (χ1) is 60.6. The molecular formula is C100H112Cl4N12O8. The number of aromatic nitrogens is 8. The van der Waals surface area contributed by atoms with Gasteiger partial charge in [0, 0.05) is 88.8 Å². The molecule has 648 valence electrons. The number of H-pyrrole nitrogens is 4. The van der Waals surface area contributed by atoms with Crippen LogP contribution in [0.25, 0.3) is 0 Å². The second kappa shape index (κ2) is 46.4. The average Bonchev–Trinajstić information content (AvgIpc) is 1.67. The molecule has 12 aromatic rings. The molecule has 8 atom stereocenters. The van der Waals surface area contributed by atoms with Gasteiger partial charge < -0.3 is 41.7 Å². The maximum atomic E-state index is 13.1. The molecule has 12 N–H and O–H groups in total. The third-order valence-corrected chi connectivity index (χ3v) is 25.2. The summed E-state index contributed by atoms with van der Waals surface area (Å²) in [7, 11) is 0. The van der Waals surface area contributed by atoms with Gasteiger partial charge >= 0.3 is 0 Å². The minimum Gasteiger partial charge on any atom is -0.394 e. The van der Waals surface area contributed by atoms with Crippen LogP contribution in [0.4, 0.5) is 0 Å². The summed E-state index contributed by atoms with van der Waals surface area (Å²) >= 11 is 24.7. The van der Waals surface area contributed by atoms with Crippen molar-refractivity contribution in [1.29, 1.82) is 0 Å². The third-order valence-electron chi connectivity index (χ3n) is 24.3. The van der Waals surface area contributed by atoms with Crippen LogP contribution in [0.3, 0.4) is 0 Å². The number of amides is 4. The van der Waals surface area contributed by atoms with Crippen LogP contribution in [0.15, 0.2) is 218 Å². The van der Waals surface area contributed by atoms with Crippen molar-refractivity contribution in [2.75, 3.05) is 26.4 Å². The van der Waals surface area contributed by atoms with Crippen LogP contribution < -0.4 is 21.3 Å². The Morgan fingerprint density at radius 1 is 0.290 bits per heavy atom. The number of benzene rings is 8. The van der Waals surface area contributed by atoms with Gasteiger partial charge in [0.2, 0.25) is 0 Å². The number of aromatic amines is 4. The van der Waals surface area contributed by atoms with E-state index >= 15 is 0 Å². The summed E-state index contributed by atoms with van der Waals surface area (Å²) in [5.41, 5.74) is 18.3. The van der Waals surface area contributed by atoms with Gasteiger partial charge in [-0.05, 0) is 196 Å². The van der Waals surface area contributed by atoms with E-state index in [4.69, 9.17) is 46.4 Å². The number of hydrogen-bond acceptors (Lipinski definition) is 12. The zero-order valence-electron chi connectivity index (χ0n) is 69.9. The first-order valence-electron chi connectivity index (χ1n) is 43.7. The molecule has 0 spiro atoms. The molecule has 0 saturated heterocycles. The molecule has 0 bridgehead atoms. The Bertz CT molecular complexity index is 4740. The summed E-state index contributed by atoms with van der Waals surface area (Å²) in [6.45, 7) is -0.668. The zero-order chi connectivity index (χ0) is 86.5. The highest BCUT2D eigenvalue weighted by Crippen LogP contribution is 2.39. The fourth-order valence-corrected chi connectivity index (χ4v) is 18.7. The van der Waals surface area contributed by atoms with Crippen molar-refractivity contribution in [1.82, 2.24) is 62.1 Å². The molecule has 4 aliphatic rings. The van der Waals surface area contributed by atoms with Gasteiger partial charge in [-0.3, -0.25) is 39.6 Å². The molecule has 0 fully saturated rings. The molecule has 4 aliphatic carbocycles. The molecule has 0 aliphatic heterocycles. The van der Waals surface area contributed by atoms with Crippen LogP contribution >= 0.6 is 46.4 Å². The van der Waals surface area contributed by atoms with Crippen LogP contribution in [-0.2, 0) is 51.4 Å². The van der Waals surface area contributed by atoms with E-state index in [0.29, 0.717) is 22.8 Å². The van der Waals surface area contributed by atoms with Gasteiger partial charge in [0.25, 0.3) is 23.6 Å². The molecular weight excluding hydrogens is 1640 g/mol. The second-order valence-corrected chi connectivity index (χ2v) is 34.6. The first-order valence-corrected chi connectivity index (χ1v) is 45.3. The van der Waals surface area contributed by atoms with Crippen molar-refractivity contribution in [2.45, 2.75) is 202 Å². The standard InChI is InChI=1S/4C25H28ClN3O2/c4*26-20-12-7-8-17(15-20)14-19-11-5-2-6-13-21-23(19)28-29-24(21)25(31)27-22(16-30)18-9-3-1-4-10-18/h4*1,3-4,7-10,12,15,19,22,30H,2,5-6,11,13-14,16H2,(H,27,31)(H,28,29)/t2*19-,22+;2*19-,22-/m1010/s1. The number of nitrogens with one attached hydrogen (secondary N) is 8. The normalized spacial score (nSPS) is 17.3. The molecule has 8 aromatic carbocycles. The molecule has 0 unspecified atom stereocenters. The van der Waals surface area contributed by atoms with Crippen molar-refractivity contribution in [3.63, 3.8) is 0 Å². The number of rotatable bonds is 24. The Hall–Kier alpha value is -10.5. The number of carbonyl (C=O) groups excluding carboxylic acids is 4. The lowest BCUT2D eigenvalue weighted by molar-refractivity contribution is 0.0903. The number of fused-ring (bicyclic) bond motifs is 4. The van der Waals surface area contributed by atoms with E-state index in [9.17, 15) is 39.6 Å². The zero-order valence-corrected chi connectivity index (χ0v) is 72.9. The Balaban J connectivity index is 0.000000142. The molecule has 124 heavy (non-hydrogen) atoms. The van der Waals surface area contributed by atoms with E-state index in [1.54, 1.807) is 0 Å². The molecule has 4 amide bonds. The SMILES string of the molecule is O=C(N[C@@H](CO)c1ccccc1)c1n[nH]c2c1CCCCC[C@@H]2Cc1cccc(Cl)c1.O=C(N[C@@H](CO)c1ccccc1)c1n[nH]c2c1CCCCC[C@H]2Cc1cccc(Cl)c1.O=C(N[C@H](CO)c1ccccc1)c1n[nH]c2c1CCCCC[C@@H]2Cc1cccc(Cl)c1.O=C(N[C@H](CO)c1ccccc1)c1n[nH]c2c1CCCCC[C@H]2Cc1cccc(Cl)c1. The maximum absolute atomic E-state index is 13.1.